The van der Waals surface area contributed by atoms with Crippen molar-refractivity contribution < 1.29 is 0 Å². The first-order valence-electron chi connectivity index (χ1n) is 7.12. The number of halogens is 1. The molecule has 0 heterocycles. The number of allylic oxidation sites excluding steroid dienone is 1. The molecule has 4 heteroatoms. The molecule has 0 aromatic heterocycles. The van der Waals surface area contributed by atoms with Crippen LogP contribution in [-0.2, 0) is 5.54 Å². The van der Waals surface area contributed by atoms with Crippen molar-refractivity contribution in [2.24, 2.45) is 10.7 Å². The molecular formula is C16H20ClN3. The average molecular weight is 290 g/mol. The molecule has 106 valence electrons. The van der Waals surface area contributed by atoms with Gasteiger partial charge in [0.25, 0.3) is 0 Å². The molecule has 2 saturated carbocycles. The van der Waals surface area contributed by atoms with Crippen LogP contribution in [0.15, 0.2) is 29.4 Å². The molecule has 1 aromatic carbocycles. The monoisotopic (exact) mass is 289 g/mol. The lowest BCUT2D eigenvalue weighted by atomic mass is 9.99. The second kappa shape index (κ2) is 5.23. The van der Waals surface area contributed by atoms with Crippen LogP contribution < -0.4 is 11.1 Å². The molecule has 2 aliphatic carbocycles. The second-order valence-electron chi connectivity index (χ2n) is 5.69. The Bertz CT molecular complexity index is 569. The Morgan fingerprint density at radius 1 is 1.40 bits per heavy atom. The van der Waals surface area contributed by atoms with Crippen molar-refractivity contribution in [1.82, 2.24) is 5.32 Å². The maximum absolute atomic E-state index is 6.28. The first-order valence-corrected chi connectivity index (χ1v) is 7.50. The zero-order valence-electron chi connectivity index (χ0n) is 11.7. The number of nitrogens with zero attached hydrogens (tertiary/aromatic N) is 1. The summed E-state index contributed by atoms with van der Waals surface area (Å²) in [5.41, 5.74) is 9.08. The number of hydrogen-bond acceptors (Lipinski definition) is 3. The van der Waals surface area contributed by atoms with E-state index in [2.05, 4.69) is 16.4 Å². The number of aliphatic imine (C=N–C) groups is 1. The molecule has 2 fully saturated rings. The van der Waals surface area contributed by atoms with E-state index in [0.29, 0.717) is 6.04 Å². The van der Waals surface area contributed by atoms with Crippen LogP contribution in [0.5, 0.6) is 0 Å². The highest BCUT2D eigenvalue weighted by molar-refractivity contribution is 6.31. The normalized spacial score (nSPS) is 21.4. The predicted octanol–water partition coefficient (Wildman–Crippen LogP) is 3.08. The Morgan fingerprint density at radius 2 is 2.15 bits per heavy atom. The van der Waals surface area contributed by atoms with Crippen LogP contribution in [0.2, 0.25) is 5.02 Å². The molecule has 0 aliphatic heterocycles. The van der Waals surface area contributed by atoms with Gasteiger partial charge in [-0.15, -0.1) is 0 Å². The van der Waals surface area contributed by atoms with Gasteiger partial charge in [0.15, 0.2) is 0 Å². The summed E-state index contributed by atoms with van der Waals surface area (Å²) < 4.78 is 0. The fraction of sp³-hybridized carbons (Fsp3) is 0.438. The molecule has 0 amide bonds. The molecule has 0 spiro atoms. The summed E-state index contributed by atoms with van der Waals surface area (Å²) in [6, 6.07) is 6.66. The third-order valence-corrected chi connectivity index (χ3v) is 4.38. The largest absolute Gasteiger partial charge is 0.404 e. The topological polar surface area (TPSA) is 50.4 Å². The summed E-state index contributed by atoms with van der Waals surface area (Å²) in [4.78, 5) is 4.51. The van der Waals surface area contributed by atoms with E-state index in [1.165, 1.54) is 18.4 Å². The standard InChI is InChI=1S/C16H20ClN3/c1-19-16(4-5-16)13-6-11(7-14(17)8-13)12(9-18)10-20-15-2-3-15/h6-10,15,19H,2-5,18H2,1H3/b12-9+,20-10?. The zero-order valence-corrected chi connectivity index (χ0v) is 12.5. The van der Waals surface area contributed by atoms with Crippen LogP contribution in [0.4, 0.5) is 0 Å². The van der Waals surface area contributed by atoms with E-state index in [1.54, 1.807) is 6.20 Å². The third-order valence-electron chi connectivity index (χ3n) is 4.16. The minimum atomic E-state index is 0.104. The summed E-state index contributed by atoms with van der Waals surface area (Å²) in [5, 5.41) is 4.15. The maximum atomic E-state index is 6.28. The second-order valence-corrected chi connectivity index (χ2v) is 6.13. The molecule has 3 nitrogen and oxygen atoms in total. The van der Waals surface area contributed by atoms with Gasteiger partial charge in [-0.25, -0.2) is 0 Å². The summed E-state index contributed by atoms with van der Waals surface area (Å²) in [6.45, 7) is 0. The van der Waals surface area contributed by atoms with Crippen LogP contribution >= 0.6 is 11.6 Å². The minimum Gasteiger partial charge on any atom is -0.404 e. The molecule has 3 N–H and O–H groups in total. The van der Waals surface area contributed by atoms with Crippen LogP contribution in [0.1, 0.15) is 36.8 Å². The Hall–Kier alpha value is -1.32. The summed E-state index contributed by atoms with van der Waals surface area (Å²) >= 11 is 6.28. The van der Waals surface area contributed by atoms with E-state index in [9.17, 15) is 0 Å². The van der Waals surface area contributed by atoms with Crippen molar-refractivity contribution in [3.8, 4) is 0 Å². The third kappa shape index (κ3) is 2.74. The van der Waals surface area contributed by atoms with Gasteiger partial charge >= 0.3 is 0 Å². The lowest BCUT2D eigenvalue weighted by Crippen LogP contribution is -2.24. The molecule has 20 heavy (non-hydrogen) atoms. The van der Waals surface area contributed by atoms with Gasteiger partial charge in [-0.05, 0) is 62.1 Å². The van der Waals surface area contributed by atoms with Crippen LogP contribution in [0.3, 0.4) is 0 Å². The first-order chi connectivity index (χ1) is 9.66. The SMILES string of the molecule is CNC1(c2cc(Cl)cc(/C(C=NC3CC3)=C/N)c2)CC1. The lowest BCUT2D eigenvalue weighted by molar-refractivity contribution is 0.585. The van der Waals surface area contributed by atoms with Crippen molar-refractivity contribution in [1.29, 1.82) is 0 Å². The quantitative estimate of drug-likeness (QED) is 0.819. The fourth-order valence-electron chi connectivity index (χ4n) is 2.46. The Labute approximate surface area is 124 Å². The van der Waals surface area contributed by atoms with E-state index in [0.717, 1.165) is 29.0 Å². The molecule has 0 saturated heterocycles. The summed E-state index contributed by atoms with van der Waals surface area (Å²) in [5.74, 6) is 0. The number of nitrogens with two attached hydrogens (primary N) is 1. The van der Waals surface area contributed by atoms with Gasteiger partial charge in [-0.1, -0.05) is 11.6 Å². The van der Waals surface area contributed by atoms with Gasteiger partial charge in [0.2, 0.25) is 0 Å². The molecule has 0 unspecified atom stereocenters. The average Bonchev–Trinajstić information content (AvgIpc) is 3.33. The molecule has 0 radical (unpaired) electrons. The molecule has 0 atom stereocenters. The predicted molar refractivity (Wildman–Crippen MR) is 85.1 cm³/mol. The van der Waals surface area contributed by atoms with E-state index < -0.39 is 0 Å². The first kappa shape index (κ1) is 13.7. The molecule has 2 aliphatic rings. The van der Waals surface area contributed by atoms with Crippen molar-refractivity contribution in [3.05, 3.63) is 40.5 Å². The van der Waals surface area contributed by atoms with E-state index in [4.69, 9.17) is 17.3 Å². The minimum absolute atomic E-state index is 0.104. The van der Waals surface area contributed by atoms with Crippen LogP contribution in [0.25, 0.3) is 5.57 Å². The molecule has 1 aromatic rings. The van der Waals surface area contributed by atoms with Crippen LogP contribution in [0, 0.1) is 0 Å². The lowest BCUT2D eigenvalue weighted by Gasteiger charge is -2.16. The van der Waals surface area contributed by atoms with E-state index >= 15 is 0 Å². The van der Waals surface area contributed by atoms with Crippen LogP contribution in [-0.4, -0.2) is 19.3 Å². The highest BCUT2D eigenvalue weighted by Crippen LogP contribution is 2.46. The summed E-state index contributed by atoms with van der Waals surface area (Å²) in [7, 11) is 2.00. The molecule has 0 bridgehead atoms. The Balaban J connectivity index is 1.92. The van der Waals surface area contributed by atoms with E-state index in [1.807, 2.05) is 25.4 Å². The number of nitrogens with one attached hydrogen (secondary N) is 1. The van der Waals surface area contributed by atoms with Gasteiger partial charge in [0.05, 0.1) is 6.04 Å². The van der Waals surface area contributed by atoms with E-state index in [-0.39, 0.29) is 5.54 Å². The van der Waals surface area contributed by atoms with Crippen molar-refractivity contribution in [2.75, 3.05) is 7.05 Å². The maximum Gasteiger partial charge on any atom is 0.0501 e. The van der Waals surface area contributed by atoms with Gasteiger partial charge in [-0.2, -0.15) is 0 Å². The van der Waals surface area contributed by atoms with Crippen molar-refractivity contribution in [3.63, 3.8) is 0 Å². The highest BCUT2D eigenvalue weighted by atomic mass is 35.5. The van der Waals surface area contributed by atoms with Crippen molar-refractivity contribution in [2.45, 2.75) is 37.3 Å². The molecular weight excluding hydrogens is 270 g/mol. The Morgan fingerprint density at radius 3 is 2.70 bits per heavy atom. The van der Waals surface area contributed by atoms with Gasteiger partial charge in [-0.3, -0.25) is 4.99 Å². The smallest absolute Gasteiger partial charge is 0.0501 e. The number of benzene rings is 1. The fourth-order valence-corrected chi connectivity index (χ4v) is 2.70. The summed E-state index contributed by atoms with van der Waals surface area (Å²) in [6.07, 6.45) is 8.19. The van der Waals surface area contributed by atoms with Crippen molar-refractivity contribution >= 4 is 23.4 Å². The Kier molecular flexibility index (Phi) is 3.57. The zero-order chi connectivity index (χ0) is 14.2. The van der Waals surface area contributed by atoms with Gasteiger partial charge in [0, 0.05) is 28.5 Å². The number of hydrogen-bond donors (Lipinski definition) is 2. The van der Waals surface area contributed by atoms with Gasteiger partial charge in [0.1, 0.15) is 0 Å². The highest BCUT2D eigenvalue weighted by Gasteiger charge is 2.42. The van der Waals surface area contributed by atoms with Gasteiger partial charge < -0.3 is 11.1 Å². The number of rotatable bonds is 5. The molecule has 3 rings (SSSR count).